The zero-order chi connectivity index (χ0) is 15.0. The zero-order valence-electron chi connectivity index (χ0n) is 11.0. The fourth-order valence-corrected chi connectivity index (χ4v) is 2.77. The molecule has 0 heterocycles. The third-order valence-electron chi connectivity index (χ3n) is 2.40. The second kappa shape index (κ2) is 7.62. The average molecular weight is 297 g/mol. The first-order valence-corrected chi connectivity index (χ1v) is 7.63. The number of carbonyl (C=O) groups excluding carboxylic acids is 1. The highest BCUT2D eigenvalue weighted by atomic mass is 32.2. The summed E-state index contributed by atoms with van der Waals surface area (Å²) in [6.07, 6.45) is 0. The number of hydrogen-bond acceptors (Lipinski definition) is 6. The van der Waals surface area contributed by atoms with E-state index in [1.807, 2.05) is 6.07 Å². The van der Waals surface area contributed by atoms with Crippen LogP contribution >= 0.6 is 0 Å². The minimum Gasteiger partial charge on any atom is -0.462 e. The van der Waals surface area contributed by atoms with Gasteiger partial charge in [-0.3, -0.25) is 4.79 Å². The Labute approximate surface area is 117 Å². The number of rotatable bonds is 7. The Morgan fingerprint density at radius 1 is 1.30 bits per heavy atom. The second-order valence-electron chi connectivity index (χ2n) is 4.01. The number of carbonyl (C=O) groups is 1. The van der Waals surface area contributed by atoms with E-state index < -0.39 is 21.6 Å². The van der Waals surface area contributed by atoms with Crippen molar-refractivity contribution in [3.63, 3.8) is 0 Å². The van der Waals surface area contributed by atoms with Crippen LogP contribution in [0.5, 0.6) is 0 Å². The van der Waals surface area contributed by atoms with Crippen LogP contribution in [-0.2, 0) is 29.9 Å². The predicted octanol–water partition coefficient (Wildman–Crippen LogP) is 0.663. The lowest BCUT2D eigenvalue weighted by molar-refractivity contribution is -0.141. The van der Waals surface area contributed by atoms with Gasteiger partial charge >= 0.3 is 5.97 Å². The summed E-state index contributed by atoms with van der Waals surface area (Å²) < 4.78 is 33.1. The van der Waals surface area contributed by atoms with Gasteiger partial charge in [0.2, 0.25) is 0 Å². The van der Waals surface area contributed by atoms with E-state index >= 15 is 0 Å². The van der Waals surface area contributed by atoms with Gasteiger partial charge < -0.3 is 9.47 Å². The molecule has 1 aromatic carbocycles. The summed E-state index contributed by atoms with van der Waals surface area (Å²) in [7, 11) is -2.22. The Morgan fingerprint density at radius 3 is 2.65 bits per heavy atom. The lowest BCUT2D eigenvalue weighted by Gasteiger charge is -2.06. The van der Waals surface area contributed by atoms with Crippen LogP contribution in [-0.4, -0.2) is 40.5 Å². The van der Waals surface area contributed by atoms with E-state index in [0.29, 0.717) is 5.56 Å². The summed E-state index contributed by atoms with van der Waals surface area (Å²) in [6, 6.07) is 8.28. The van der Waals surface area contributed by atoms with Gasteiger partial charge in [-0.2, -0.15) is 5.26 Å². The van der Waals surface area contributed by atoms with Crippen molar-refractivity contribution in [1.29, 1.82) is 5.26 Å². The van der Waals surface area contributed by atoms with Crippen molar-refractivity contribution in [3.8, 4) is 6.07 Å². The predicted molar refractivity (Wildman–Crippen MR) is 71.5 cm³/mol. The van der Waals surface area contributed by atoms with Crippen LogP contribution in [0.25, 0.3) is 0 Å². The number of ether oxygens (including phenoxy) is 2. The molecular formula is C13H15NO5S. The summed E-state index contributed by atoms with van der Waals surface area (Å²) in [4.78, 5) is 11.4. The summed E-state index contributed by atoms with van der Waals surface area (Å²) in [5, 5.41) is 8.89. The standard InChI is InChI=1S/C13H15NO5S/c1-18-6-7-19-13(15)10-20(16,17)9-12-5-3-2-4-11(12)8-14/h2-5H,6-7,9-10H2,1H3. The van der Waals surface area contributed by atoms with Gasteiger partial charge in [0, 0.05) is 7.11 Å². The van der Waals surface area contributed by atoms with Crippen molar-refractivity contribution in [2.45, 2.75) is 5.75 Å². The zero-order valence-corrected chi connectivity index (χ0v) is 11.9. The molecule has 0 unspecified atom stereocenters. The quantitative estimate of drug-likeness (QED) is 0.542. The highest BCUT2D eigenvalue weighted by molar-refractivity contribution is 7.91. The molecule has 1 rings (SSSR count). The van der Waals surface area contributed by atoms with Crippen molar-refractivity contribution < 1.29 is 22.7 Å². The number of benzene rings is 1. The van der Waals surface area contributed by atoms with Crippen LogP contribution in [0.15, 0.2) is 24.3 Å². The molecule has 20 heavy (non-hydrogen) atoms. The number of nitriles is 1. The molecule has 0 spiro atoms. The third kappa shape index (κ3) is 5.38. The summed E-state index contributed by atoms with van der Waals surface area (Å²) in [6.45, 7) is 0.225. The molecule has 108 valence electrons. The first kappa shape index (κ1) is 16.1. The van der Waals surface area contributed by atoms with Crippen LogP contribution < -0.4 is 0 Å². The molecule has 0 bridgehead atoms. The maximum atomic E-state index is 11.9. The van der Waals surface area contributed by atoms with Gasteiger partial charge in [0.25, 0.3) is 0 Å². The fourth-order valence-electron chi connectivity index (χ4n) is 1.50. The molecule has 0 aliphatic carbocycles. The normalized spacial score (nSPS) is 10.8. The summed E-state index contributed by atoms with van der Waals surface area (Å²) >= 11 is 0. The van der Waals surface area contributed by atoms with Crippen molar-refractivity contribution in [1.82, 2.24) is 0 Å². The molecular weight excluding hydrogens is 282 g/mol. The topological polar surface area (TPSA) is 93.5 Å². The van der Waals surface area contributed by atoms with E-state index in [0.717, 1.165) is 0 Å². The molecule has 0 atom stereocenters. The van der Waals surface area contributed by atoms with Gasteiger partial charge in [-0.1, -0.05) is 18.2 Å². The average Bonchev–Trinajstić information content (AvgIpc) is 2.38. The van der Waals surface area contributed by atoms with Crippen LogP contribution in [0.4, 0.5) is 0 Å². The van der Waals surface area contributed by atoms with E-state index in [9.17, 15) is 13.2 Å². The van der Waals surface area contributed by atoms with E-state index in [2.05, 4.69) is 4.74 Å². The van der Waals surface area contributed by atoms with Gasteiger partial charge in [0.1, 0.15) is 12.4 Å². The first-order chi connectivity index (χ1) is 9.48. The van der Waals surface area contributed by atoms with Crippen molar-refractivity contribution in [2.24, 2.45) is 0 Å². The second-order valence-corrected chi connectivity index (χ2v) is 6.08. The molecule has 0 aliphatic heterocycles. The highest BCUT2D eigenvalue weighted by Crippen LogP contribution is 2.12. The Kier molecular flexibility index (Phi) is 6.15. The van der Waals surface area contributed by atoms with Crippen LogP contribution in [0, 0.1) is 11.3 Å². The first-order valence-electron chi connectivity index (χ1n) is 5.81. The molecule has 0 radical (unpaired) electrons. The molecule has 6 nitrogen and oxygen atoms in total. The minimum atomic E-state index is -3.67. The molecule has 7 heteroatoms. The molecule has 0 fully saturated rings. The minimum absolute atomic E-state index is 0.0135. The lowest BCUT2D eigenvalue weighted by Crippen LogP contribution is -2.21. The van der Waals surface area contributed by atoms with E-state index in [1.165, 1.54) is 13.2 Å². The summed E-state index contributed by atoms with van der Waals surface area (Å²) in [5.41, 5.74) is 0.656. The van der Waals surface area contributed by atoms with E-state index in [4.69, 9.17) is 10.00 Å². The Balaban J connectivity index is 2.66. The van der Waals surface area contributed by atoms with Crippen LogP contribution in [0.1, 0.15) is 11.1 Å². The lowest BCUT2D eigenvalue weighted by atomic mass is 10.1. The van der Waals surface area contributed by atoms with Crippen molar-refractivity contribution in [3.05, 3.63) is 35.4 Å². The number of nitrogens with zero attached hydrogens (tertiary/aromatic N) is 1. The van der Waals surface area contributed by atoms with Gasteiger partial charge in [-0.15, -0.1) is 0 Å². The maximum absolute atomic E-state index is 11.9. The van der Waals surface area contributed by atoms with Gasteiger partial charge in [-0.25, -0.2) is 8.42 Å². The monoisotopic (exact) mass is 297 g/mol. The van der Waals surface area contributed by atoms with Crippen LogP contribution in [0.3, 0.4) is 0 Å². The smallest absolute Gasteiger partial charge is 0.321 e. The Hall–Kier alpha value is -1.91. The number of hydrogen-bond donors (Lipinski definition) is 0. The number of methoxy groups -OCH3 is 1. The molecule has 0 N–H and O–H groups in total. The third-order valence-corrected chi connectivity index (χ3v) is 3.83. The molecule has 0 aromatic heterocycles. The van der Waals surface area contributed by atoms with Crippen molar-refractivity contribution >= 4 is 15.8 Å². The summed E-state index contributed by atoms with van der Waals surface area (Å²) in [5.74, 6) is -1.90. The highest BCUT2D eigenvalue weighted by Gasteiger charge is 2.19. The van der Waals surface area contributed by atoms with Crippen molar-refractivity contribution in [2.75, 3.05) is 26.1 Å². The van der Waals surface area contributed by atoms with Gasteiger partial charge in [-0.05, 0) is 11.6 Å². The molecule has 0 aliphatic rings. The molecule has 0 amide bonds. The van der Waals surface area contributed by atoms with Crippen LogP contribution in [0.2, 0.25) is 0 Å². The largest absolute Gasteiger partial charge is 0.462 e. The SMILES string of the molecule is COCCOC(=O)CS(=O)(=O)Cc1ccccc1C#N. The van der Waals surface area contributed by atoms with Gasteiger partial charge in [0.15, 0.2) is 9.84 Å². The van der Waals surface area contributed by atoms with Gasteiger partial charge in [0.05, 0.1) is 24.0 Å². The number of sulfone groups is 1. The Bertz CT molecular complexity index is 603. The Morgan fingerprint density at radius 2 is 2.00 bits per heavy atom. The van der Waals surface area contributed by atoms with E-state index in [1.54, 1.807) is 18.2 Å². The van der Waals surface area contributed by atoms with E-state index in [-0.39, 0.29) is 24.5 Å². The molecule has 0 saturated heterocycles. The molecule has 1 aromatic rings. The maximum Gasteiger partial charge on any atom is 0.321 e. The molecule has 0 saturated carbocycles. The fraction of sp³-hybridized carbons (Fsp3) is 0.385. The number of esters is 1.